The minimum absolute atomic E-state index is 0.0983. The van der Waals surface area contributed by atoms with E-state index in [1.54, 1.807) is 6.07 Å². The summed E-state index contributed by atoms with van der Waals surface area (Å²) in [6.07, 6.45) is 5.33. The number of nitrogens with zero attached hydrogens (tertiary/aromatic N) is 4. The molecule has 1 atom stereocenters. The smallest absolute Gasteiger partial charge is 0.225 e. The van der Waals surface area contributed by atoms with Crippen molar-refractivity contribution < 1.29 is 18.3 Å². The fraction of sp³-hybridized carbons (Fsp3) is 0.500. The van der Waals surface area contributed by atoms with Crippen LogP contribution in [-0.2, 0) is 4.79 Å². The van der Waals surface area contributed by atoms with Gasteiger partial charge in [-0.05, 0) is 25.0 Å². The third-order valence-corrected chi connectivity index (χ3v) is 5.40. The van der Waals surface area contributed by atoms with E-state index in [0.29, 0.717) is 32.0 Å². The van der Waals surface area contributed by atoms with Gasteiger partial charge in [0.2, 0.25) is 11.8 Å². The molecule has 8 heteroatoms. The fourth-order valence-corrected chi connectivity index (χ4v) is 3.60. The minimum Gasteiger partial charge on any atom is -0.436 e. The van der Waals surface area contributed by atoms with Gasteiger partial charge in [-0.25, -0.2) is 18.7 Å². The number of amides is 1. The molecule has 0 N–H and O–H groups in total. The number of aromatic nitrogens is 2. The molecular formula is C22H28F2N4O2. The van der Waals surface area contributed by atoms with Crippen LogP contribution in [0.2, 0.25) is 0 Å². The lowest BCUT2D eigenvalue weighted by Crippen LogP contribution is -2.50. The van der Waals surface area contributed by atoms with Crippen molar-refractivity contribution >= 4 is 11.7 Å². The van der Waals surface area contributed by atoms with Crippen molar-refractivity contribution in [1.29, 1.82) is 0 Å². The Bertz CT molecular complexity index is 857. The first-order chi connectivity index (χ1) is 14.5. The molecule has 6 nitrogen and oxygen atoms in total. The highest BCUT2D eigenvalue weighted by molar-refractivity contribution is 5.79. The number of anilines is 1. The highest BCUT2D eigenvalue weighted by Gasteiger charge is 2.26. The Hall–Kier alpha value is -2.77. The largest absolute Gasteiger partial charge is 0.436 e. The van der Waals surface area contributed by atoms with Gasteiger partial charge in [-0.1, -0.05) is 26.7 Å². The number of hydrogen-bond acceptors (Lipinski definition) is 5. The molecule has 1 unspecified atom stereocenters. The van der Waals surface area contributed by atoms with Gasteiger partial charge in [0.15, 0.2) is 11.6 Å². The molecule has 1 aliphatic heterocycles. The van der Waals surface area contributed by atoms with Crippen molar-refractivity contribution in [1.82, 2.24) is 14.9 Å². The van der Waals surface area contributed by atoms with Crippen molar-refractivity contribution in [3.8, 4) is 11.6 Å². The maximum Gasteiger partial charge on any atom is 0.225 e. The van der Waals surface area contributed by atoms with Crippen LogP contribution in [0, 0.1) is 17.6 Å². The van der Waals surface area contributed by atoms with E-state index in [4.69, 9.17) is 4.74 Å². The normalized spacial score (nSPS) is 15.2. The number of carbonyl (C=O) groups excluding carboxylic acids is 1. The zero-order valence-electron chi connectivity index (χ0n) is 17.5. The van der Waals surface area contributed by atoms with E-state index in [-0.39, 0.29) is 23.5 Å². The summed E-state index contributed by atoms with van der Waals surface area (Å²) >= 11 is 0. The van der Waals surface area contributed by atoms with Crippen LogP contribution in [0.25, 0.3) is 0 Å². The van der Waals surface area contributed by atoms with E-state index in [1.165, 1.54) is 12.4 Å². The number of rotatable bonds is 8. The van der Waals surface area contributed by atoms with Gasteiger partial charge in [-0.15, -0.1) is 0 Å². The molecular weight excluding hydrogens is 390 g/mol. The predicted molar refractivity (Wildman–Crippen MR) is 111 cm³/mol. The number of halogens is 2. The number of unbranched alkanes of at least 4 members (excludes halogenated alkanes) is 1. The molecule has 2 aromatic rings. The second kappa shape index (κ2) is 10.3. The summed E-state index contributed by atoms with van der Waals surface area (Å²) in [5.74, 6) is -0.409. The first-order valence-corrected chi connectivity index (χ1v) is 10.5. The van der Waals surface area contributed by atoms with Gasteiger partial charge in [0, 0.05) is 44.2 Å². The number of ether oxygens (including phenoxy) is 1. The molecule has 0 spiro atoms. The van der Waals surface area contributed by atoms with Gasteiger partial charge >= 0.3 is 0 Å². The monoisotopic (exact) mass is 418 g/mol. The quantitative estimate of drug-likeness (QED) is 0.636. The summed E-state index contributed by atoms with van der Waals surface area (Å²) in [6, 6.07) is 4.73. The topological polar surface area (TPSA) is 58.6 Å². The van der Waals surface area contributed by atoms with Gasteiger partial charge in [0.1, 0.15) is 18.0 Å². The molecule has 1 aromatic carbocycles. The molecule has 2 heterocycles. The van der Waals surface area contributed by atoms with Gasteiger partial charge in [0.25, 0.3) is 0 Å². The lowest BCUT2D eigenvalue weighted by Gasteiger charge is -2.37. The highest BCUT2D eigenvalue weighted by atomic mass is 19.1. The standard InChI is InChI=1S/C22H28F2N4O2/c1-3-5-6-16(4-2)22(29)28-11-9-27(10-12-28)20-14-21(26-15-25-20)30-19-8-7-17(23)13-18(19)24/h7-8,13-16H,3-6,9-12H2,1-2H3. The molecule has 30 heavy (non-hydrogen) atoms. The SMILES string of the molecule is CCCCC(CC)C(=O)N1CCN(c2cc(Oc3ccc(F)cc3F)ncn2)CC1. The molecule has 1 aliphatic rings. The predicted octanol–water partition coefficient (Wildman–Crippen LogP) is 4.41. The summed E-state index contributed by atoms with van der Waals surface area (Å²) in [5.41, 5.74) is 0. The Balaban J connectivity index is 1.60. The molecule has 162 valence electrons. The lowest BCUT2D eigenvalue weighted by molar-refractivity contribution is -0.136. The Labute approximate surface area is 175 Å². The van der Waals surface area contributed by atoms with Crippen LogP contribution in [0.1, 0.15) is 39.5 Å². The molecule has 1 aromatic heterocycles. The Morgan fingerprint density at radius 2 is 1.90 bits per heavy atom. The van der Waals surface area contributed by atoms with Crippen LogP contribution in [0.3, 0.4) is 0 Å². The van der Waals surface area contributed by atoms with Crippen molar-refractivity contribution in [2.75, 3.05) is 31.1 Å². The molecule has 0 bridgehead atoms. The summed E-state index contributed by atoms with van der Waals surface area (Å²) in [5, 5.41) is 0. The van der Waals surface area contributed by atoms with Crippen molar-refractivity contribution in [3.63, 3.8) is 0 Å². The van der Waals surface area contributed by atoms with Gasteiger partial charge in [-0.3, -0.25) is 4.79 Å². The van der Waals surface area contributed by atoms with E-state index in [1.807, 2.05) is 9.80 Å². The van der Waals surface area contributed by atoms with E-state index < -0.39 is 11.6 Å². The molecule has 1 saturated heterocycles. The van der Waals surface area contributed by atoms with Crippen molar-refractivity contribution in [2.24, 2.45) is 5.92 Å². The first kappa shape index (κ1) is 21.9. The molecule has 0 radical (unpaired) electrons. The van der Waals surface area contributed by atoms with E-state index >= 15 is 0 Å². The average Bonchev–Trinajstić information content (AvgIpc) is 2.76. The molecule has 3 rings (SSSR count). The first-order valence-electron chi connectivity index (χ1n) is 10.5. The Morgan fingerprint density at radius 1 is 1.13 bits per heavy atom. The molecule has 1 amide bonds. The molecule has 0 aliphatic carbocycles. The van der Waals surface area contributed by atoms with Gasteiger partial charge < -0.3 is 14.5 Å². The maximum atomic E-state index is 13.8. The van der Waals surface area contributed by atoms with Crippen LogP contribution in [0.4, 0.5) is 14.6 Å². The van der Waals surface area contributed by atoms with Crippen molar-refractivity contribution in [3.05, 3.63) is 42.2 Å². The average molecular weight is 418 g/mol. The van der Waals surface area contributed by atoms with E-state index in [9.17, 15) is 13.6 Å². The summed E-state index contributed by atoms with van der Waals surface area (Å²) in [4.78, 5) is 25.1. The van der Waals surface area contributed by atoms with Crippen LogP contribution >= 0.6 is 0 Å². The third-order valence-electron chi connectivity index (χ3n) is 5.40. The van der Waals surface area contributed by atoms with Crippen LogP contribution in [-0.4, -0.2) is 47.0 Å². The lowest BCUT2D eigenvalue weighted by atomic mass is 9.97. The number of piperazine rings is 1. The molecule has 1 fully saturated rings. The fourth-order valence-electron chi connectivity index (χ4n) is 3.60. The van der Waals surface area contributed by atoms with Gasteiger partial charge in [0.05, 0.1) is 0 Å². The van der Waals surface area contributed by atoms with E-state index in [0.717, 1.165) is 37.8 Å². The minimum atomic E-state index is -0.796. The van der Waals surface area contributed by atoms with Crippen LogP contribution < -0.4 is 9.64 Å². The van der Waals surface area contributed by atoms with Gasteiger partial charge in [-0.2, -0.15) is 0 Å². The molecule has 0 saturated carbocycles. The number of benzene rings is 1. The third kappa shape index (κ3) is 5.43. The second-order valence-electron chi connectivity index (χ2n) is 7.45. The summed E-state index contributed by atoms with van der Waals surface area (Å²) in [7, 11) is 0. The van der Waals surface area contributed by atoms with Crippen LogP contribution in [0.15, 0.2) is 30.6 Å². The zero-order chi connectivity index (χ0) is 21.5. The number of carbonyl (C=O) groups is 1. The zero-order valence-corrected chi connectivity index (χ0v) is 17.5. The summed E-state index contributed by atoms with van der Waals surface area (Å²) < 4.78 is 32.3. The summed E-state index contributed by atoms with van der Waals surface area (Å²) in [6.45, 7) is 6.78. The highest BCUT2D eigenvalue weighted by Crippen LogP contribution is 2.26. The van der Waals surface area contributed by atoms with Crippen molar-refractivity contribution in [2.45, 2.75) is 39.5 Å². The Kier molecular flexibility index (Phi) is 7.54. The van der Waals surface area contributed by atoms with E-state index in [2.05, 4.69) is 23.8 Å². The second-order valence-corrected chi connectivity index (χ2v) is 7.45. The number of hydrogen-bond donors (Lipinski definition) is 0. The van der Waals surface area contributed by atoms with Crippen LogP contribution in [0.5, 0.6) is 11.6 Å². The maximum absolute atomic E-state index is 13.8. The Morgan fingerprint density at radius 3 is 2.57 bits per heavy atom.